The van der Waals surface area contributed by atoms with Crippen molar-refractivity contribution in [1.29, 1.82) is 0 Å². The molecule has 0 amide bonds. The Hall–Kier alpha value is -8.26. The molecule has 0 radical (unpaired) electrons. The van der Waals surface area contributed by atoms with Crippen molar-refractivity contribution in [3.63, 3.8) is 0 Å². The SMILES string of the molecule is c1ccc2c(c1)-c1ncc(-n3c4ccccc4c4ccccc43)nc1-c1ccccc1[Si]21c2ccccc2-c2ncc(-n3c4ccccc4c4ccccc43)nc2-c2ccccc21. The maximum absolute atomic E-state index is 5.69. The van der Waals surface area contributed by atoms with Crippen molar-refractivity contribution in [1.82, 2.24) is 29.1 Å². The van der Waals surface area contributed by atoms with Crippen LogP contribution in [0.25, 0.3) is 100 Å². The molecule has 0 unspecified atom stereocenters. The van der Waals surface area contributed by atoms with Crippen LogP contribution in [0.15, 0.2) is 207 Å². The summed E-state index contributed by atoms with van der Waals surface area (Å²) >= 11 is 0. The van der Waals surface area contributed by atoms with Gasteiger partial charge in [-0.15, -0.1) is 0 Å². The van der Waals surface area contributed by atoms with Crippen molar-refractivity contribution < 1.29 is 0 Å². The Morgan fingerprint density at radius 3 is 0.889 bits per heavy atom. The molecule has 7 heteroatoms. The highest BCUT2D eigenvalue weighted by atomic mass is 28.3. The quantitative estimate of drug-likeness (QED) is 0.163. The molecule has 12 aromatic rings. The van der Waals surface area contributed by atoms with Crippen LogP contribution in [0.5, 0.6) is 0 Å². The van der Waals surface area contributed by atoms with E-state index in [9.17, 15) is 0 Å². The summed E-state index contributed by atoms with van der Waals surface area (Å²) < 4.78 is 4.53. The molecule has 63 heavy (non-hydrogen) atoms. The molecule has 14 rings (SSSR count). The van der Waals surface area contributed by atoms with Crippen LogP contribution in [-0.4, -0.2) is 37.1 Å². The predicted octanol–water partition coefficient (Wildman–Crippen LogP) is 10.1. The number of rotatable bonds is 2. The van der Waals surface area contributed by atoms with Crippen molar-refractivity contribution in [3.8, 4) is 56.7 Å². The summed E-state index contributed by atoms with van der Waals surface area (Å²) in [6, 6.07) is 70.2. The minimum absolute atomic E-state index is 0.788. The number of benzene rings is 8. The maximum atomic E-state index is 5.69. The van der Waals surface area contributed by atoms with E-state index in [0.29, 0.717) is 0 Å². The predicted molar refractivity (Wildman–Crippen MR) is 259 cm³/mol. The first kappa shape index (κ1) is 34.4. The number of hydrogen-bond donors (Lipinski definition) is 0. The molecule has 4 aromatic heterocycles. The lowest BCUT2D eigenvalue weighted by Gasteiger charge is -2.36. The first-order valence-electron chi connectivity index (χ1n) is 21.4. The lowest BCUT2D eigenvalue weighted by molar-refractivity contribution is 1.05. The molecule has 6 nitrogen and oxygen atoms in total. The Morgan fingerprint density at radius 2 is 0.556 bits per heavy atom. The standard InChI is InChI=1S/C56H34N6Si/c1-9-25-43-35(17-1)36-18-2-10-26-44(36)61(43)51-33-57-53-39-21-5-13-29-47(39)63(49-31-15-7-23-41(49)55(53)59-51)48-30-14-6-22-40(48)54-56(42-24-8-16-32-50(42)63)60-52(34-58-54)62-45-27-11-3-19-37(45)38-20-4-12-28-46(38)62/h1-34H. The number of nitrogens with zero attached hydrogens (tertiary/aromatic N) is 6. The second-order valence-corrected chi connectivity index (χ2v) is 20.2. The normalized spacial score (nSPS) is 13.2. The van der Waals surface area contributed by atoms with E-state index in [1.165, 1.54) is 42.3 Å². The van der Waals surface area contributed by atoms with Gasteiger partial charge >= 0.3 is 0 Å². The highest BCUT2D eigenvalue weighted by molar-refractivity contribution is 7.22. The Kier molecular flexibility index (Phi) is 7.04. The van der Waals surface area contributed by atoms with Crippen molar-refractivity contribution in [3.05, 3.63) is 207 Å². The van der Waals surface area contributed by atoms with Crippen LogP contribution < -0.4 is 20.7 Å². The molecule has 8 aromatic carbocycles. The average Bonchev–Trinajstić information content (AvgIpc) is 3.81. The largest absolute Gasteiger partial charge is 0.292 e. The molecule has 0 fully saturated rings. The highest BCUT2D eigenvalue weighted by Gasteiger charge is 2.51. The van der Waals surface area contributed by atoms with E-state index >= 15 is 0 Å². The molecular weight excluding hydrogens is 785 g/mol. The summed E-state index contributed by atoms with van der Waals surface area (Å²) in [6.07, 6.45) is 3.93. The fourth-order valence-electron chi connectivity index (χ4n) is 11.0. The summed E-state index contributed by atoms with van der Waals surface area (Å²) in [5.74, 6) is 1.58. The Labute approximate surface area is 363 Å². The van der Waals surface area contributed by atoms with Gasteiger partial charge in [0.2, 0.25) is 0 Å². The molecule has 0 saturated heterocycles. The lowest BCUT2D eigenvalue weighted by Crippen LogP contribution is -2.75. The van der Waals surface area contributed by atoms with Crippen molar-refractivity contribution in [2.45, 2.75) is 0 Å². The van der Waals surface area contributed by atoms with Crippen LogP contribution in [0.1, 0.15) is 0 Å². The van der Waals surface area contributed by atoms with Crippen molar-refractivity contribution in [2.24, 2.45) is 0 Å². The zero-order valence-corrected chi connectivity index (χ0v) is 34.8. The van der Waals surface area contributed by atoms with Crippen LogP contribution in [0.3, 0.4) is 0 Å². The van der Waals surface area contributed by atoms with Crippen molar-refractivity contribution in [2.75, 3.05) is 0 Å². The van der Waals surface area contributed by atoms with Gasteiger partial charge in [0.25, 0.3) is 0 Å². The highest BCUT2D eigenvalue weighted by Crippen LogP contribution is 2.41. The third-order valence-corrected chi connectivity index (χ3v) is 18.5. The molecule has 0 atom stereocenters. The first-order valence-corrected chi connectivity index (χ1v) is 23.4. The van der Waals surface area contributed by atoms with E-state index in [1.807, 2.05) is 12.4 Å². The van der Waals surface area contributed by atoms with Gasteiger partial charge in [-0.1, -0.05) is 170 Å². The van der Waals surface area contributed by atoms with Gasteiger partial charge in [-0.05, 0) is 45.0 Å². The Morgan fingerprint density at radius 1 is 0.286 bits per heavy atom. The fourth-order valence-corrected chi connectivity index (χ4v) is 16.6. The van der Waals surface area contributed by atoms with Crippen LogP contribution in [0, 0.1) is 0 Å². The van der Waals surface area contributed by atoms with E-state index in [0.717, 1.165) is 78.7 Å². The summed E-state index contributed by atoms with van der Waals surface area (Å²) in [7, 11) is -3.26. The van der Waals surface area contributed by atoms with Gasteiger partial charge in [0.05, 0.1) is 57.2 Å². The van der Waals surface area contributed by atoms with E-state index in [2.05, 4.69) is 203 Å². The third-order valence-electron chi connectivity index (χ3n) is 13.5. The molecular formula is C56H34N6Si. The number of hydrogen-bond acceptors (Lipinski definition) is 4. The zero-order chi connectivity index (χ0) is 41.2. The molecule has 0 bridgehead atoms. The lowest BCUT2D eigenvalue weighted by atomic mass is 10.0. The van der Waals surface area contributed by atoms with Gasteiger partial charge in [-0.25, -0.2) is 9.97 Å². The van der Waals surface area contributed by atoms with Crippen LogP contribution >= 0.6 is 0 Å². The minimum Gasteiger partial charge on any atom is -0.292 e. The van der Waals surface area contributed by atoms with E-state index in [4.69, 9.17) is 19.9 Å². The van der Waals surface area contributed by atoms with Crippen LogP contribution in [-0.2, 0) is 0 Å². The summed E-state index contributed by atoms with van der Waals surface area (Å²) in [4.78, 5) is 22.3. The maximum Gasteiger partial charge on any atom is 0.182 e. The molecule has 1 spiro atoms. The monoisotopic (exact) mass is 818 g/mol. The Bertz CT molecular complexity index is 3540. The van der Waals surface area contributed by atoms with Crippen LogP contribution in [0.4, 0.5) is 0 Å². The van der Waals surface area contributed by atoms with Gasteiger partial charge in [-0.3, -0.25) is 19.1 Å². The summed E-state index contributed by atoms with van der Waals surface area (Å²) in [5.41, 5.74) is 12.3. The third kappa shape index (κ3) is 4.55. The van der Waals surface area contributed by atoms with Crippen LogP contribution in [0.2, 0.25) is 0 Å². The molecule has 6 heterocycles. The van der Waals surface area contributed by atoms with Gasteiger partial charge in [0.1, 0.15) is 0 Å². The molecule has 2 aliphatic heterocycles. The molecule has 2 aliphatic rings. The molecule has 0 aliphatic carbocycles. The van der Waals surface area contributed by atoms with Gasteiger partial charge in [-0.2, -0.15) is 0 Å². The van der Waals surface area contributed by atoms with Crippen molar-refractivity contribution >= 4 is 72.4 Å². The second-order valence-electron chi connectivity index (χ2n) is 16.5. The smallest absolute Gasteiger partial charge is 0.182 e. The van der Waals surface area contributed by atoms with Gasteiger partial charge in [0, 0.05) is 43.8 Å². The second kappa shape index (κ2) is 12.9. The number of fused-ring (bicyclic) bond motifs is 20. The van der Waals surface area contributed by atoms with E-state index in [1.54, 1.807) is 0 Å². The number of para-hydroxylation sites is 4. The average molecular weight is 819 g/mol. The van der Waals surface area contributed by atoms with E-state index < -0.39 is 8.07 Å². The Balaban J connectivity index is 1.08. The van der Waals surface area contributed by atoms with Gasteiger partial charge < -0.3 is 0 Å². The minimum atomic E-state index is -3.26. The zero-order valence-electron chi connectivity index (χ0n) is 33.8. The summed E-state index contributed by atoms with van der Waals surface area (Å²) in [6.45, 7) is 0. The fraction of sp³-hybridized carbons (Fsp3) is 0. The molecule has 0 saturated carbocycles. The molecule has 292 valence electrons. The number of aromatic nitrogens is 6. The topological polar surface area (TPSA) is 61.4 Å². The first-order chi connectivity index (χ1) is 31.3. The van der Waals surface area contributed by atoms with E-state index in [-0.39, 0.29) is 0 Å². The summed E-state index contributed by atoms with van der Waals surface area (Å²) in [5, 5.41) is 9.83. The molecule has 0 N–H and O–H groups in total. The van der Waals surface area contributed by atoms with Gasteiger partial charge in [0.15, 0.2) is 19.7 Å².